The van der Waals surface area contributed by atoms with Gasteiger partial charge in [-0.05, 0) is 51.4 Å². The molecular weight excluding hydrogens is 524 g/mol. The van der Waals surface area contributed by atoms with Gasteiger partial charge in [-0.1, -0.05) is 107 Å². The van der Waals surface area contributed by atoms with Gasteiger partial charge in [0.1, 0.15) is 0 Å². The molecule has 0 atom stereocenters. The molecule has 0 amide bonds. The highest BCUT2D eigenvalue weighted by atomic mass is 32.3. The molecule has 0 saturated carbocycles. The van der Waals surface area contributed by atoms with Crippen LogP contribution in [0.25, 0.3) is 0 Å². The third kappa shape index (κ3) is 32.3. The molecule has 7 nitrogen and oxygen atoms in total. The summed E-state index contributed by atoms with van der Waals surface area (Å²) in [5.41, 5.74) is 0. The quantitative estimate of drug-likeness (QED) is 0.0678. The Morgan fingerprint density at radius 1 is 0.425 bits per heavy atom. The first kappa shape index (κ1) is 46.7. The van der Waals surface area contributed by atoms with E-state index >= 15 is 0 Å². The van der Waals surface area contributed by atoms with E-state index in [0.29, 0.717) is 0 Å². The highest BCUT2D eigenvalue weighted by molar-refractivity contribution is 7.79. The number of hydrogen-bond donors (Lipinski definition) is 1. The summed E-state index contributed by atoms with van der Waals surface area (Å²) in [5, 5.41) is 0. The lowest BCUT2D eigenvalue weighted by Crippen LogP contribution is -2.50. The summed E-state index contributed by atoms with van der Waals surface area (Å²) in [7, 11) is -4.92. The van der Waals surface area contributed by atoms with Crippen molar-refractivity contribution >= 4 is 10.4 Å². The summed E-state index contributed by atoms with van der Waals surface area (Å²) in [4.78, 5) is 0. The van der Waals surface area contributed by atoms with Crippen LogP contribution in [-0.4, -0.2) is 84.3 Å². The molecule has 0 aromatic rings. The minimum absolute atomic E-state index is 0. The van der Waals surface area contributed by atoms with E-state index in [1.54, 1.807) is 0 Å². The maximum atomic E-state index is 8.63. The van der Waals surface area contributed by atoms with Gasteiger partial charge in [0, 0.05) is 0 Å². The Kier molecular flexibility index (Phi) is 37.0. The van der Waals surface area contributed by atoms with Gasteiger partial charge in [-0.2, -0.15) is 0 Å². The molecule has 0 bridgehead atoms. The molecule has 0 aliphatic rings. The van der Waals surface area contributed by atoms with Crippen molar-refractivity contribution in [3.8, 4) is 0 Å². The highest BCUT2D eigenvalue weighted by Gasteiger charge is 2.25. The second-order valence-corrected chi connectivity index (χ2v) is 12.6. The Hall–Kier alpha value is -0.250. The van der Waals surface area contributed by atoms with Crippen LogP contribution in [0.4, 0.5) is 0 Å². The van der Waals surface area contributed by atoms with E-state index in [9.17, 15) is 0 Å². The van der Waals surface area contributed by atoms with Crippen molar-refractivity contribution in [1.82, 2.24) is 0 Å². The third-order valence-corrected chi connectivity index (χ3v) is 7.89. The Balaban J connectivity index is -0.000000271. The molecule has 248 valence electrons. The minimum Gasteiger partial charge on any atom is -0.870 e. The molecule has 0 aromatic heterocycles. The van der Waals surface area contributed by atoms with E-state index in [-0.39, 0.29) is 5.48 Å². The lowest BCUT2D eigenvalue weighted by molar-refractivity contribution is -0.929. The SMILES string of the molecule is CCCC[N+](CCCC)(CCCC)CCCC.CCCC[N+](CCCC)(CCCC)CCCC.O=S(=O)([O-])O.[OH-]. The minimum atomic E-state index is -4.92. The average molecular weight is 599 g/mol. The van der Waals surface area contributed by atoms with Crippen LogP contribution in [-0.2, 0) is 10.4 Å². The molecule has 0 saturated heterocycles. The Labute approximate surface area is 252 Å². The number of unbranched alkanes of at least 4 members (excludes halogenated alkanes) is 8. The smallest absolute Gasteiger partial charge is 0.215 e. The van der Waals surface area contributed by atoms with Crippen molar-refractivity contribution in [1.29, 1.82) is 0 Å². The van der Waals surface area contributed by atoms with Gasteiger partial charge in [-0.25, -0.2) is 8.42 Å². The fourth-order valence-corrected chi connectivity index (χ4v) is 5.29. The van der Waals surface area contributed by atoms with Gasteiger partial charge in [0.05, 0.1) is 52.4 Å². The number of nitrogens with zero attached hydrogens (tertiary/aromatic N) is 2. The standard InChI is InChI=1S/2C16H36N.H2O4S.H2O/c2*1-5-9-13-17(14-10-6-2,15-11-7-3)16-12-8-4;1-5(2,3)4;/h2*5-16H2,1-4H3;(H2,1,2,3,4);1H2/q2*+1;;/p-2. The first-order valence-corrected chi connectivity index (χ1v) is 18.2. The summed E-state index contributed by atoms with van der Waals surface area (Å²) in [6, 6.07) is 0. The van der Waals surface area contributed by atoms with Crippen molar-refractivity contribution < 1.29 is 32.0 Å². The topological polar surface area (TPSA) is 107 Å². The Bertz CT molecular complexity index is 469. The molecule has 40 heavy (non-hydrogen) atoms. The van der Waals surface area contributed by atoms with Crippen molar-refractivity contribution in [3.05, 3.63) is 0 Å². The molecule has 0 aliphatic heterocycles. The molecule has 0 aromatic carbocycles. The van der Waals surface area contributed by atoms with E-state index in [1.807, 2.05) is 0 Å². The first-order chi connectivity index (χ1) is 18.5. The molecule has 8 heteroatoms. The monoisotopic (exact) mass is 599 g/mol. The summed E-state index contributed by atoms with van der Waals surface area (Å²) < 4.78 is 35.7. The summed E-state index contributed by atoms with van der Waals surface area (Å²) in [6.45, 7) is 30.0. The molecule has 0 aliphatic carbocycles. The highest BCUT2D eigenvalue weighted by Crippen LogP contribution is 2.17. The van der Waals surface area contributed by atoms with E-state index in [2.05, 4.69) is 55.4 Å². The second-order valence-electron chi connectivity index (χ2n) is 11.7. The zero-order chi connectivity index (χ0) is 30.5. The van der Waals surface area contributed by atoms with Crippen LogP contribution in [0.5, 0.6) is 0 Å². The summed E-state index contributed by atoms with van der Waals surface area (Å²) >= 11 is 0. The van der Waals surface area contributed by atoms with Crippen molar-refractivity contribution in [2.75, 3.05) is 52.4 Å². The van der Waals surface area contributed by atoms with Crippen molar-refractivity contribution in [3.63, 3.8) is 0 Å². The van der Waals surface area contributed by atoms with Crippen LogP contribution in [0.15, 0.2) is 0 Å². The van der Waals surface area contributed by atoms with Gasteiger partial charge >= 0.3 is 0 Å². The molecular formula is C32H74N2O5S. The lowest BCUT2D eigenvalue weighted by atomic mass is 10.1. The van der Waals surface area contributed by atoms with E-state index in [4.69, 9.17) is 17.5 Å². The van der Waals surface area contributed by atoms with Crippen LogP contribution in [0, 0.1) is 0 Å². The maximum absolute atomic E-state index is 8.63. The van der Waals surface area contributed by atoms with Gasteiger partial charge in [0.25, 0.3) is 0 Å². The molecule has 0 heterocycles. The van der Waals surface area contributed by atoms with E-state index in [1.165, 1.54) is 164 Å². The largest absolute Gasteiger partial charge is 0.870 e. The number of quaternary nitrogens is 2. The molecule has 0 spiro atoms. The molecule has 0 unspecified atom stereocenters. The molecule has 0 rings (SSSR count). The van der Waals surface area contributed by atoms with E-state index < -0.39 is 10.4 Å². The second kappa shape index (κ2) is 31.7. The summed E-state index contributed by atoms with van der Waals surface area (Å²) in [6.07, 6.45) is 22.1. The maximum Gasteiger partial charge on any atom is 0.215 e. The first-order valence-electron chi connectivity index (χ1n) is 16.9. The zero-order valence-corrected chi connectivity index (χ0v) is 29.2. The average Bonchev–Trinajstić information content (AvgIpc) is 2.91. The lowest BCUT2D eigenvalue weighted by Gasteiger charge is -2.39. The predicted molar refractivity (Wildman–Crippen MR) is 173 cm³/mol. The van der Waals surface area contributed by atoms with Gasteiger partial charge in [-0.15, -0.1) is 0 Å². The van der Waals surface area contributed by atoms with Gasteiger partial charge in [0.2, 0.25) is 10.4 Å². The zero-order valence-electron chi connectivity index (χ0n) is 28.4. The van der Waals surface area contributed by atoms with Crippen LogP contribution in [0.1, 0.15) is 158 Å². The van der Waals surface area contributed by atoms with Crippen LogP contribution < -0.4 is 0 Å². The Morgan fingerprint density at radius 2 is 0.525 bits per heavy atom. The Morgan fingerprint density at radius 3 is 0.600 bits per heavy atom. The van der Waals surface area contributed by atoms with Crippen LogP contribution in [0.3, 0.4) is 0 Å². The number of rotatable bonds is 24. The number of hydrogen-bond acceptors (Lipinski definition) is 4. The van der Waals surface area contributed by atoms with Crippen molar-refractivity contribution in [2.45, 2.75) is 158 Å². The van der Waals surface area contributed by atoms with Crippen molar-refractivity contribution in [2.24, 2.45) is 0 Å². The van der Waals surface area contributed by atoms with E-state index in [0.717, 1.165) is 0 Å². The molecule has 0 radical (unpaired) electrons. The van der Waals surface area contributed by atoms with Gasteiger partial charge in [0.15, 0.2) is 0 Å². The predicted octanol–water partition coefficient (Wildman–Crippen LogP) is 8.84. The van der Waals surface area contributed by atoms with Crippen LogP contribution >= 0.6 is 0 Å². The van der Waals surface area contributed by atoms with Crippen LogP contribution in [0.2, 0.25) is 0 Å². The fourth-order valence-electron chi connectivity index (χ4n) is 5.29. The van der Waals surface area contributed by atoms with Gasteiger partial charge in [-0.3, -0.25) is 4.55 Å². The third-order valence-electron chi connectivity index (χ3n) is 7.89. The molecule has 0 fully saturated rings. The normalized spacial score (nSPS) is 11.7. The van der Waals surface area contributed by atoms with Gasteiger partial charge < -0.3 is 19.0 Å². The summed E-state index contributed by atoms with van der Waals surface area (Å²) in [5.74, 6) is 0. The fraction of sp³-hybridized carbons (Fsp3) is 1.00. The molecule has 2 N–H and O–H groups in total.